The van der Waals surface area contributed by atoms with Gasteiger partial charge in [0.1, 0.15) is 5.75 Å². The van der Waals surface area contributed by atoms with Gasteiger partial charge in [-0.05, 0) is 13.0 Å². The van der Waals surface area contributed by atoms with Gasteiger partial charge in [-0.3, -0.25) is 0 Å². The number of para-hydroxylation sites is 1. The molecule has 1 atom stereocenters. The summed E-state index contributed by atoms with van der Waals surface area (Å²) in [5.74, 6) is 0.0269. The second-order valence-corrected chi connectivity index (χ2v) is 2.81. The van der Waals surface area contributed by atoms with E-state index < -0.39 is 12.7 Å². The minimum atomic E-state index is -2.89. The number of isocyanates is 1. The molecule has 0 aliphatic carbocycles. The van der Waals surface area contributed by atoms with Crippen molar-refractivity contribution in [2.75, 3.05) is 0 Å². The average molecular weight is 213 g/mol. The van der Waals surface area contributed by atoms with E-state index in [1.54, 1.807) is 25.1 Å². The highest BCUT2D eigenvalue weighted by molar-refractivity contribution is 5.40. The van der Waals surface area contributed by atoms with Crippen LogP contribution in [0.3, 0.4) is 0 Å². The van der Waals surface area contributed by atoms with E-state index in [1.807, 2.05) is 0 Å². The SMILES string of the molecule is CC(N=C=O)c1ccccc1OC(F)F. The first-order valence-electron chi connectivity index (χ1n) is 4.26. The van der Waals surface area contributed by atoms with Gasteiger partial charge in [-0.2, -0.15) is 13.8 Å². The molecule has 0 saturated heterocycles. The fourth-order valence-electron chi connectivity index (χ4n) is 1.18. The van der Waals surface area contributed by atoms with Crippen LogP contribution in [0.25, 0.3) is 0 Å². The molecule has 0 spiro atoms. The van der Waals surface area contributed by atoms with Crippen molar-refractivity contribution in [3.05, 3.63) is 29.8 Å². The van der Waals surface area contributed by atoms with Gasteiger partial charge in [0.25, 0.3) is 0 Å². The van der Waals surface area contributed by atoms with Gasteiger partial charge in [0.2, 0.25) is 6.08 Å². The highest BCUT2D eigenvalue weighted by Gasteiger charge is 2.13. The largest absolute Gasteiger partial charge is 0.434 e. The van der Waals surface area contributed by atoms with Gasteiger partial charge in [-0.1, -0.05) is 18.2 Å². The van der Waals surface area contributed by atoms with E-state index in [2.05, 4.69) is 9.73 Å². The zero-order valence-corrected chi connectivity index (χ0v) is 7.98. The van der Waals surface area contributed by atoms with Crippen molar-refractivity contribution in [2.45, 2.75) is 19.6 Å². The van der Waals surface area contributed by atoms with E-state index in [4.69, 9.17) is 0 Å². The molecule has 0 aromatic heterocycles. The molecule has 0 N–H and O–H groups in total. The zero-order chi connectivity index (χ0) is 11.3. The van der Waals surface area contributed by atoms with Crippen molar-refractivity contribution < 1.29 is 18.3 Å². The second-order valence-electron chi connectivity index (χ2n) is 2.81. The maximum absolute atomic E-state index is 12.0. The minimum absolute atomic E-state index is 0.0269. The molecule has 1 unspecified atom stereocenters. The fraction of sp³-hybridized carbons (Fsp3) is 0.300. The molecule has 15 heavy (non-hydrogen) atoms. The van der Waals surface area contributed by atoms with E-state index in [-0.39, 0.29) is 5.75 Å². The Morgan fingerprint density at radius 3 is 2.67 bits per heavy atom. The summed E-state index contributed by atoms with van der Waals surface area (Å²) >= 11 is 0. The predicted molar refractivity (Wildman–Crippen MR) is 49.6 cm³/mol. The quantitative estimate of drug-likeness (QED) is 0.569. The Morgan fingerprint density at radius 1 is 1.40 bits per heavy atom. The van der Waals surface area contributed by atoms with Crippen LogP contribution in [-0.2, 0) is 4.79 Å². The molecule has 3 nitrogen and oxygen atoms in total. The van der Waals surface area contributed by atoms with E-state index in [9.17, 15) is 13.6 Å². The van der Waals surface area contributed by atoms with Crippen molar-refractivity contribution in [3.63, 3.8) is 0 Å². The lowest BCUT2D eigenvalue weighted by Crippen LogP contribution is -2.05. The molecule has 0 radical (unpaired) electrons. The molecule has 1 aromatic carbocycles. The Bertz CT molecular complexity index is 375. The zero-order valence-electron chi connectivity index (χ0n) is 7.98. The monoisotopic (exact) mass is 213 g/mol. The lowest BCUT2D eigenvalue weighted by Gasteiger charge is -2.11. The van der Waals surface area contributed by atoms with Crippen molar-refractivity contribution in [3.8, 4) is 5.75 Å². The summed E-state index contributed by atoms with van der Waals surface area (Å²) in [6, 6.07) is 5.65. The first-order chi connectivity index (χ1) is 7.15. The number of aliphatic imine (C=N–C) groups is 1. The number of alkyl halides is 2. The minimum Gasteiger partial charge on any atom is -0.434 e. The maximum Gasteiger partial charge on any atom is 0.387 e. The van der Waals surface area contributed by atoms with Gasteiger partial charge in [0, 0.05) is 5.56 Å². The van der Waals surface area contributed by atoms with Gasteiger partial charge in [0.05, 0.1) is 6.04 Å². The molecule has 1 rings (SSSR count). The molecule has 0 bridgehead atoms. The van der Waals surface area contributed by atoms with Crippen molar-refractivity contribution in [2.24, 2.45) is 4.99 Å². The van der Waals surface area contributed by atoms with E-state index in [0.717, 1.165) is 0 Å². The van der Waals surface area contributed by atoms with Crippen LogP contribution in [-0.4, -0.2) is 12.7 Å². The Morgan fingerprint density at radius 2 is 2.07 bits per heavy atom. The van der Waals surface area contributed by atoms with Gasteiger partial charge in [-0.15, -0.1) is 0 Å². The van der Waals surface area contributed by atoms with E-state index in [1.165, 1.54) is 12.1 Å². The Balaban J connectivity index is 3.00. The van der Waals surface area contributed by atoms with Crippen LogP contribution in [0.5, 0.6) is 5.75 Å². The van der Waals surface area contributed by atoms with E-state index >= 15 is 0 Å². The Labute approximate surface area is 85.4 Å². The molecular weight excluding hydrogens is 204 g/mol. The molecule has 0 aliphatic heterocycles. The molecule has 0 fully saturated rings. The Kier molecular flexibility index (Phi) is 3.94. The molecule has 0 amide bonds. The lowest BCUT2D eigenvalue weighted by molar-refractivity contribution is -0.0505. The number of nitrogens with zero attached hydrogens (tertiary/aromatic N) is 1. The first-order valence-corrected chi connectivity index (χ1v) is 4.26. The van der Waals surface area contributed by atoms with Crippen LogP contribution in [0.1, 0.15) is 18.5 Å². The second kappa shape index (κ2) is 5.22. The summed E-state index contributed by atoms with van der Waals surface area (Å²) in [6.45, 7) is -1.29. The van der Waals surface area contributed by atoms with Crippen molar-refractivity contribution in [1.29, 1.82) is 0 Å². The summed E-state index contributed by atoms with van der Waals surface area (Å²) in [7, 11) is 0. The molecule has 80 valence electrons. The van der Waals surface area contributed by atoms with E-state index in [0.29, 0.717) is 5.56 Å². The van der Waals surface area contributed by atoms with Crippen molar-refractivity contribution in [1.82, 2.24) is 0 Å². The van der Waals surface area contributed by atoms with Gasteiger partial charge < -0.3 is 4.74 Å². The lowest BCUT2D eigenvalue weighted by atomic mass is 10.1. The number of halogens is 2. The molecule has 0 saturated carbocycles. The average Bonchev–Trinajstić information content (AvgIpc) is 2.18. The highest BCUT2D eigenvalue weighted by atomic mass is 19.3. The number of benzene rings is 1. The molecule has 0 heterocycles. The normalized spacial score (nSPS) is 12.0. The number of rotatable bonds is 4. The number of hydrogen-bond acceptors (Lipinski definition) is 3. The summed E-state index contributed by atoms with van der Waals surface area (Å²) in [4.78, 5) is 13.5. The van der Waals surface area contributed by atoms with Crippen LogP contribution in [0.2, 0.25) is 0 Å². The number of ether oxygens (including phenoxy) is 1. The topological polar surface area (TPSA) is 38.7 Å². The third kappa shape index (κ3) is 3.14. The Hall–Kier alpha value is -1.74. The third-order valence-electron chi connectivity index (χ3n) is 1.83. The number of hydrogen-bond donors (Lipinski definition) is 0. The smallest absolute Gasteiger partial charge is 0.387 e. The molecule has 5 heteroatoms. The first kappa shape index (κ1) is 11.3. The van der Waals surface area contributed by atoms with Gasteiger partial charge in [0.15, 0.2) is 0 Å². The number of carbonyl (C=O) groups excluding carboxylic acids is 1. The van der Waals surface area contributed by atoms with Crippen LogP contribution in [0.4, 0.5) is 8.78 Å². The molecule has 0 aliphatic rings. The maximum atomic E-state index is 12.0. The molecular formula is C10H9F2NO2. The van der Waals surface area contributed by atoms with Crippen molar-refractivity contribution >= 4 is 6.08 Å². The summed E-state index contributed by atoms with van der Waals surface area (Å²) in [6.07, 6.45) is 1.38. The van der Waals surface area contributed by atoms with Crippen LogP contribution < -0.4 is 4.74 Å². The standard InChI is InChI=1S/C10H9F2NO2/c1-7(13-6-14)8-4-2-3-5-9(8)15-10(11)12/h2-5,7,10H,1H3. The van der Waals surface area contributed by atoms with Crippen LogP contribution >= 0.6 is 0 Å². The third-order valence-corrected chi connectivity index (χ3v) is 1.83. The summed E-state index contributed by atoms with van der Waals surface area (Å²) < 4.78 is 28.3. The van der Waals surface area contributed by atoms with Gasteiger partial charge in [-0.25, -0.2) is 4.79 Å². The van der Waals surface area contributed by atoms with Gasteiger partial charge >= 0.3 is 6.61 Å². The predicted octanol–water partition coefficient (Wildman–Crippen LogP) is 2.68. The summed E-state index contributed by atoms with van der Waals surface area (Å²) in [5, 5.41) is 0. The van der Waals surface area contributed by atoms with Crippen LogP contribution in [0, 0.1) is 0 Å². The molecule has 1 aromatic rings. The summed E-state index contributed by atoms with van der Waals surface area (Å²) in [5.41, 5.74) is 0.432. The highest BCUT2D eigenvalue weighted by Crippen LogP contribution is 2.27. The van der Waals surface area contributed by atoms with Crippen LogP contribution in [0.15, 0.2) is 29.3 Å². The fourth-order valence-corrected chi connectivity index (χ4v) is 1.18.